The normalized spacial score (nSPS) is 11.0. The highest BCUT2D eigenvalue weighted by Gasteiger charge is 2.16. The van der Waals surface area contributed by atoms with Gasteiger partial charge in [0.2, 0.25) is 5.76 Å². The van der Waals surface area contributed by atoms with E-state index in [0.29, 0.717) is 46.2 Å². The van der Waals surface area contributed by atoms with Crippen molar-refractivity contribution >= 4 is 17.1 Å². The van der Waals surface area contributed by atoms with E-state index in [4.69, 9.17) is 14.3 Å². The molecule has 3 N–H and O–H groups in total. The highest BCUT2D eigenvalue weighted by Crippen LogP contribution is 2.33. The Labute approximate surface area is 151 Å². The number of hydrogen-bond acceptors (Lipinski definition) is 6. The maximum atomic E-state index is 12.2. The lowest BCUT2D eigenvalue weighted by molar-refractivity contribution is 0.0663. The fraction of sp³-hybridized carbons (Fsp3) is 0.111. The first-order valence-corrected chi connectivity index (χ1v) is 8.11. The second-order valence-electron chi connectivity index (χ2n) is 5.63. The zero-order chi connectivity index (χ0) is 19.0. The number of carbonyl (C=O) groups is 1. The molecule has 0 spiro atoms. The lowest BCUT2D eigenvalue weighted by atomic mass is 10.1. The molecule has 3 aromatic heterocycles. The maximum absolute atomic E-state index is 12.2. The molecule has 0 aliphatic heterocycles. The Morgan fingerprint density at radius 3 is 2.89 bits per heavy atom. The van der Waals surface area contributed by atoms with Crippen molar-refractivity contribution in [2.24, 2.45) is 0 Å². The van der Waals surface area contributed by atoms with Gasteiger partial charge < -0.3 is 24.2 Å². The summed E-state index contributed by atoms with van der Waals surface area (Å²) in [6, 6.07) is 8.12. The Kier molecular flexibility index (Phi) is 3.96. The number of hydrogen-bond donors (Lipinski definition) is 3. The Balaban J connectivity index is 1.82. The highest BCUT2D eigenvalue weighted by atomic mass is 16.5. The summed E-state index contributed by atoms with van der Waals surface area (Å²) in [4.78, 5) is 37.0. The first-order valence-electron chi connectivity index (χ1n) is 8.11. The van der Waals surface area contributed by atoms with Crippen molar-refractivity contribution < 1.29 is 19.1 Å². The second-order valence-corrected chi connectivity index (χ2v) is 5.63. The maximum Gasteiger partial charge on any atom is 0.371 e. The van der Waals surface area contributed by atoms with E-state index >= 15 is 0 Å². The smallest absolute Gasteiger partial charge is 0.371 e. The van der Waals surface area contributed by atoms with Crippen molar-refractivity contribution in [3.63, 3.8) is 0 Å². The van der Waals surface area contributed by atoms with Gasteiger partial charge in [-0.15, -0.1) is 0 Å². The van der Waals surface area contributed by atoms with E-state index in [9.17, 15) is 9.59 Å². The Hall–Kier alpha value is -3.88. The van der Waals surface area contributed by atoms with E-state index in [1.54, 1.807) is 24.3 Å². The van der Waals surface area contributed by atoms with Crippen LogP contribution in [0.2, 0.25) is 0 Å². The molecule has 9 nitrogen and oxygen atoms in total. The third-order valence-electron chi connectivity index (χ3n) is 3.93. The quantitative estimate of drug-likeness (QED) is 0.494. The van der Waals surface area contributed by atoms with Crippen LogP contribution in [0.5, 0.6) is 5.75 Å². The number of ether oxygens (including phenoxy) is 1. The van der Waals surface area contributed by atoms with Gasteiger partial charge in [0.25, 0.3) is 5.56 Å². The van der Waals surface area contributed by atoms with Crippen LogP contribution in [0.15, 0.2) is 45.9 Å². The number of H-pyrrole nitrogens is 2. The van der Waals surface area contributed by atoms with Crippen LogP contribution < -0.4 is 10.3 Å². The summed E-state index contributed by atoms with van der Waals surface area (Å²) >= 11 is 0. The summed E-state index contributed by atoms with van der Waals surface area (Å²) < 4.78 is 11.0. The third kappa shape index (κ3) is 2.95. The molecule has 0 aliphatic rings. The molecule has 4 rings (SSSR count). The van der Waals surface area contributed by atoms with Gasteiger partial charge in [-0.2, -0.15) is 0 Å². The molecule has 4 aromatic rings. The predicted octanol–water partition coefficient (Wildman–Crippen LogP) is 2.67. The number of imidazole rings is 1. The minimum atomic E-state index is -1.14. The summed E-state index contributed by atoms with van der Waals surface area (Å²) in [6.07, 6.45) is 1.40. The van der Waals surface area contributed by atoms with Gasteiger partial charge in [0.05, 0.1) is 18.5 Å². The number of benzene rings is 1. The zero-order valence-corrected chi connectivity index (χ0v) is 14.1. The number of furan rings is 1. The van der Waals surface area contributed by atoms with E-state index in [0.717, 1.165) is 0 Å². The van der Waals surface area contributed by atoms with E-state index < -0.39 is 5.97 Å². The fourth-order valence-electron chi connectivity index (χ4n) is 2.72. The van der Waals surface area contributed by atoms with E-state index in [2.05, 4.69) is 19.9 Å². The van der Waals surface area contributed by atoms with Gasteiger partial charge in [-0.05, 0) is 31.2 Å². The number of fused-ring (bicyclic) bond motifs is 1. The number of aromatic nitrogens is 4. The zero-order valence-electron chi connectivity index (χ0n) is 14.1. The predicted molar refractivity (Wildman–Crippen MR) is 95.8 cm³/mol. The molecule has 0 amide bonds. The molecule has 0 fully saturated rings. The van der Waals surface area contributed by atoms with Gasteiger partial charge >= 0.3 is 5.97 Å². The van der Waals surface area contributed by atoms with Gasteiger partial charge in [-0.3, -0.25) is 4.79 Å². The number of carboxylic acid groups (broad SMARTS) is 1. The van der Waals surface area contributed by atoms with Crippen molar-refractivity contribution in [2.75, 3.05) is 6.61 Å². The second kappa shape index (κ2) is 6.45. The molecule has 3 heterocycles. The Bertz CT molecular complexity index is 1200. The molecule has 27 heavy (non-hydrogen) atoms. The molecule has 0 saturated heterocycles. The molecule has 0 aliphatic carbocycles. The molecule has 9 heteroatoms. The highest BCUT2D eigenvalue weighted by molar-refractivity contribution is 5.85. The summed E-state index contributed by atoms with van der Waals surface area (Å²) in [5.74, 6) is -0.107. The summed E-state index contributed by atoms with van der Waals surface area (Å²) in [5, 5.41) is 9.00. The van der Waals surface area contributed by atoms with Gasteiger partial charge in [0.1, 0.15) is 17.3 Å². The lowest BCUT2D eigenvalue weighted by Gasteiger charge is -2.11. The largest absolute Gasteiger partial charge is 0.493 e. The van der Waals surface area contributed by atoms with Crippen molar-refractivity contribution in [1.82, 2.24) is 19.9 Å². The lowest BCUT2D eigenvalue weighted by Crippen LogP contribution is -2.10. The third-order valence-corrected chi connectivity index (χ3v) is 3.93. The van der Waals surface area contributed by atoms with E-state index in [1.165, 1.54) is 12.4 Å². The van der Waals surface area contributed by atoms with Crippen molar-refractivity contribution in [1.29, 1.82) is 0 Å². The minimum Gasteiger partial charge on any atom is -0.493 e. The summed E-state index contributed by atoms with van der Waals surface area (Å²) in [6.45, 7) is 2.23. The van der Waals surface area contributed by atoms with Gasteiger partial charge in [0.15, 0.2) is 11.2 Å². The Morgan fingerprint density at radius 1 is 1.30 bits per heavy atom. The monoisotopic (exact) mass is 366 g/mol. The molecular formula is C18H14N4O5. The van der Waals surface area contributed by atoms with Gasteiger partial charge in [0, 0.05) is 5.56 Å². The number of nitrogens with one attached hydrogen (secondary N) is 2. The Morgan fingerprint density at radius 2 is 2.15 bits per heavy atom. The SMILES string of the molecule is CCOc1cc(-c2ccc(C(=O)O)o2)ccc1-c1nc2nc[nH]c2c(=O)[nH]1. The number of aromatic amines is 2. The van der Waals surface area contributed by atoms with Crippen LogP contribution in [0.25, 0.3) is 33.9 Å². The van der Waals surface area contributed by atoms with Crippen LogP contribution in [0.4, 0.5) is 0 Å². The average Bonchev–Trinajstić information content (AvgIpc) is 3.31. The molecule has 136 valence electrons. The van der Waals surface area contributed by atoms with Crippen LogP contribution in [-0.2, 0) is 0 Å². The number of rotatable bonds is 5. The molecule has 0 saturated carbocycles. The fourth-order valence-corrected chi connectivity index (χ4v) is 2.72. The van der Waals surface area contributed by atoms with Crippen LogP contribution in [0.3, 0.4) is 0 Å². The van der Waals surface area contributed by atoms with Crippen molar-refractivity contribution in [3.05, 3.63) is 52.8 Å². The van der Waals surface area contributed by atoms with Crippen molar-refractivity contribution in [3.8, 4) is 28.5 Å². The van der Waals surface area contributed by atoms with Gasteiger partial charge in [-0.25, -0.2) is 14.8 Å². The molecule has 0 atom stereocenters. The number of nitrogens with zero attached hydrogens (tertiary/aromatic N) is 2. The topological polar surface area (TPSA) is 134 Å². The van der Waals surface area contributed by atoms with Gasteiger partial charge in [-0.1, -0.05) is 6.07 Å². The number of carboxylic acids is 1. The molecular weight excluding hydrogens is 352 g/mol. The van der Waals surface area contributed by atoms with E-state index in [-0.39, 0.29) is 11.3 Å². The minimum absolute atomic E-state index is 0.151. The van der Waals surface area contributed by atoms with Crippen LogP contribution >= 0.6 is 0 Å². The molecule has 0 bridgehead atoms. The van der Waals surface area contributed by atoms with Crippen LogP contribution in [0, 0.1) is 0 Å². The molecule has 0 unspecified atom stereocenters. The van der Waals surface area contributed by atoms with E-state index in [1.807, 2.05) is 6.92 Å². The first-order chi connectivity index (χ1) is 13.1. The number of aromatic carboxylic acids is 1. The molecule has 1 aromatic carbocycles. The molecule has 0 radical (unpaired) electrons. The first kappa shape index (κ1) is 16.6. The standard InChI is InChI=1S/C18H14N4O5/c1-2-26-13-7-9(11-5-6-12(27-11)18(24)25)3-4-10(13)15-21-16-14(17(23)22-15)19-8-20-16/h3-8H,2H2,1H3,(H,24,25)(H2,19,20,21,22,23). The van der Waals surface area contributed by atoms with Crippen LogP contribution in [-0.4, -0.2) is 37.6 Å². The summed E-state index contributed by atoms with van der Waals surface area (Å²) in [7, 11) is 0. The van der Waals surface area contributed by atoms with Crippen molar-refractivity contribution in [2.45, 2.75) is 6.92 Å². The van der Waals surface area contributed by atoms with Crippen LogP contribution in [0.1, 0.15) is 17.5 Å². The summed E-state index contributed by atoms with van der Waals surface area (Å²) in [5.41, 5.74) is 1.48. The average molecular weight is 366 g/mol.